The lowest BCUT2D eigenvalue weighted by atomic mass is 10.1. The third-order valence-electron chi connectivity index (χ3n) is 2.57. The van der Waals surface area contributed by atoms with Crippen LogP contribution >= 0.6 is 0 Å². The monoisotopic (exact) mass is 279 g/mol. The van der Waals surface area contributed by atoms with Crippen molar-refractivity contribution in [3.63, 3.8) is 0 Å². The Labute approximate surface area is 113 Å². The Bertz CT molecular complexity index is 666. The molecule has 0 amide bonds. The molecule has 1 heterocycles. The van der Waals surface area contributed by atoms with Gasteiger partial charge in [0.15, 0.2) is 0 Å². The van der Waals surface area contributed by atoms with Gasteiger partial charge < -0.3 is 9.84 Å². The summed E-state index contributed by atoms with van der Waals surface area (Å²) in [6, 6.07) is 4.05. The summed E-state index contributed by atoms with van der Waals surface area (Å²) in [5.41, 5.74) is 0.670. The van der Waals surface area contributed by atoms with Crippen LogP contribution in [0.2, 0.25) is 0 Å². The Kier molecular flexibility index (Phi) is 3.65. The van der Waals surface area contributed by atoms with Crippen molar-refractivity contribution in [1.29, 1.82) is 0 Å². The van der Waals surface area contributed by atoms with E-state index in [0.717, 1.165) is 12.1 Å². The van der Waals surface area contributed by atoms with E-state index in [2.05, 4.69) is 4.98 Å². The minimum Gasteiger partial charge on any atom is -0.477 e. The molecule has 0 spiro atoms. The van der Waals surface area contributed by atoms with Gasteiger partial charge in [0.2, 0.25) is 0 Å². The van der Waals surface area contributed by atoms with Gasteiger partial charge in [-0.3, -0.25) is 4.98 Å². The summed E-state index contributed by atoms with van der Waals surface area (Å²) in [5.74, 6) is -2.96. The summed E-state index contributed by atoms with van der Waals surface area (Å²) in [6.45, 7) is 3.19. The summed E-state index contributed by atoms with van der Waals surface area (Å²) < 4.78 is 31.5. The number of rotatable bonds is 3. The molecule has 0 aliphatic heterocycles. The van der Waals surface area contributed by atoms with Crippen LogP contribution in [0.25, 0.3) is 0 Å². The largest absolute Gasteiger partial charge is 0.477 e. The van der Waals surface area contributed by atoms with E-state index in [1.807, 2.05) is 0 Å². The zero-order valence-corrected chi connectivity index (χ0v) is 10.8. The van der Waals surface area contributed by atoms with Crippen LogP contribution in [0.15, 0.2) is 24.3 Å². The molecule has 0 radical (unpaired) electrons. The van der Waals surface area contributed by atoms with Crippen molar-refractivity contribution in [3.8, 4) is 11.5 Å². The molecule has 0 saturated carbocycles. The van der Waals surface area contributed by atoms with E-state index in [9.17, 15) is 13.6 Å². The Morgan fingerprint density at radius 1 is 1.15 bits per heavy atom. The molecule has 104 valence electrons. The second kappa shape index (κ2) is 5.24. The third-order valence-corrected chi connectivity index (χ3v) is 2.57. The molecule has 0 bridgehead atoms. The smallest absolute Gasteiger partial charge is 0.341 e. The van der Waals surface area contributed by atoms with Crippen molar-refractivity contribution in [2.24, 2.45) is 0 Å². The van der Waals surface area contributed by atoms with Crippen LogP contribution < -0.4 is 4.74 Å². The van der Waals surface area contributed by atoms with Crippen LogP contribution in [0.1, 0.15) is 21.7 Å². The number of halogens is 2. The number of nitrogens with zero attached hydrogens (tertiary/aromatic N) is 1. The molecule has 20 heavy (non-hydrogen) atoms. The number of hydrogen-bond acceptors (Lipinski definition) is 3. The Hall–Kier alpha value is -2.50. The van der Waals surface area contributed by atoms with Gasteiger partial charge in [-0.15, -0.1) is 0 Å². The summed E-state index contributed by atoms with van der Waals surface area (Å²) in [4.78, 5) is 15.2. The maximum atomic E-state index is 13.1. The van der Waals surface area contributed by atoms with Crippen molar-refractivity contribution in [2.45, 2.75) is 13.8 Å². The van der Waals surface area contributed by atoms with Gasteiger partial charge in [-0.05, 0) is 13.8 Å². The van der Waals surface area contributed by atoms with Crippen LogP contribution in [0.4, 0.5) is 8.78 Å². The fraction of sp³-hybridized carbons (Fsp3) is 0.143. The molecule has 6 heteroatoms. The lowest BCUT2D eigenvalue weighted by molar-refractivity contribution is 0.0693. The standard InChI is InChI=1S/C14H11F2NO3/c1-7-3-12(13(14(18)19)8(2)17-7)20-11-5-9(15)4-10(16)6-11/h3-6H,1-2H3,(H,18,19). The number of pyridine rings is 1. The quantitative estimate of drug-likeness (QED) is 0.934. The molecule has 1 aromatic heterocycles. The Morgan fingerprint density at radius 3 is 2.30 bits per heavy atom. The van der Waals surface area contributed by atoms with Crippen molar-refractivity contribution >= 4 is 5.97 Å². The minimum atomic E-state index is -1.22. The van der Waals surface area contributed by atoms with Gasteiger partial charge in [0.05, 0.1) is 5.69 Å². The first kappa shape index (κ1) is 13.9. The predicted octanol–water partition coefficient (Wildman–Crippen LogP) is 3.47. The van der Waals surface area contributed by atoms with Crippen LogP contribution in [-0.4, -0.2) is 16.1 Å². The zero-order valence-electron chi connectivity index (χ0n) is 10.8. The highest BCUT2D eigenvalue weighted by Crippen LogP contribution is 2.28. The maximum Gasteiger partial charge on any atom is 0.341 e. The van der Waals surface area contributed by atoms with Crippen molar-refractivity contribution < 1.29 is 23.4 Å². The number of aromatic nitrogens is 1. The lowest BCUT2D eigenvalue weighted by Gasteiger charge is -2.11. The maximum absolute atomic E-state index is 13.1. The SMILES string of the molecule is Cc1cc(Oc2cc(F)cc(F)c2)c(C(=O)O)c(C)n1. The van der Waals surface area contributed by atoms with E-state index in [1.165, 1.54) is 13.0 Å². The molecule has 1 N–H and O–H groups in total. The van der Waals surface area contributed by atoms with Crippen molar-refractivity contribution in [3.05, 3.63) is 52.9 Å². The minimum absolute atomic E-state index is 0.00694. The molecular weight excluding hydrogens is 268 g/mol. The van der Waals surface area contributed by atoms with Gasteiger partial charge in [0, 0.05) is 30.0 Å². The van der Waals surface area contributed by atoms with Gasteiger partial charge >= 0.3 is 5.97 Å². The van der Waals surface area contributed by atoms with E-state index in [0.29, 0.717) is 11.8 Å². The number of hydrogen-bond donors (Lipinski definition) is 1. The highest BCUT2D eigenvalue weighted by Gasteiger charge is 2.17. The molecule has 0 saturated heterocycles. The first-order chi connectivity index (χ1) is 9.36. The molecule has 2 aromatic rings. The molecule has 2 rings (SSSR count). The molecule has 1 aromatic carbocycles. The summed E-state index contributed by atoms with van der Waals surface area (Å²) >= 11 is 0. The normalized spacial score (nSPS) is 10.4. The molecular formula is C14H11F2NO3. The number of carboxylic acid groups (broad SMARTS) is 1. The molecule has 0 fully saturated rings. The van der Waals surface area contributed by atoms with Gasteiger partial charge in [0.1, 0.15) is 28.7 Å². The van der Waals surface area contributed by atoms with Crippen LogP contribution in [-0.2, 0) is 0 Å². The van der Waals surface area contributed by atoms with E-state index in [-0.39, 0.29) is 22.8 Å². The first-order valence-electron chi connectivity index (χ1n) is 5.72. The fourth-order valence-corrected chi connectivity index (χ4v) is 1.85. The summed E-state index contributed by atoms with van der Waals surface area (Å²) in [6.07, 6.45) is 0. The van der Waals surface area contributed by atoms with Crippen LogP contribution in [0.5, 0.6) is 11.5 Å². The number of carbonyl (C=O) groups is 1. The molecule has 0 unspecified atom stereocenters. The van der Waals surface area contributed by atoms with E-state index in [4.69, 9.17) is 9.84 Å². The molecule has 0 aliphatic rings. The van der Waals surface area contributed by atoms with Gasteiger partial charge in [-0.2, -0.15) is 0 Å². The van der Waals surface area contributed by atoms with Crippen LogP contribution in [0, 0.1) is 25.5 Å². The second-order valence-corrected chi connectivity index (χ2v) is 4.23. The van der Waals surface area contributed by atoms with Gasteiger partial charge in [-0.1, -0.05) is 0 Å². The number of aryl methyl sites for hydroxylation is 2. The molecule has 0 aliphatic carbocycles. The average Bonchev–Trinajstić information content (AvgIpc) is 2.25. The number of aromatic carboxylic acids is 1. The third kappa shape index (κ3) is 2.90. The predicted molar refractivity (Wildman–Crippen MR) is 67.1 cm³/mol. The van der Waals surface area contributed by atoms with Crippen molar-refractivity contribution in [1.82, 2.24) is 4.98 Å². The van der Waals surface area contributed by atoms with E-state index in [1.54, 1.807) is 6.92 Å². The second-order valence-electron chi connectivity index (χ2n) is 4.23. The van der Waals surface area contributed by atoms with E-state index >= 15 is 0 Å². The number of benzene rings is 1. The highest BCUT2D eigenvalue weighted by molar-refractivity contribution is 5.92. The van der Waals surface area contributed by atoms with Gasteiger partial charge in [0.25, 0.3) is 0 Å². The molecule has 0 atom stereocenters. The van der Waals surface area contributed by atoms with E-state index < -0.39 is 17.6 Å². The first-order valence-corrected chi connectivity index (χ1v) is 5.72. The Balaban J connectivity index is 2.49. The van der Waals surface area contributed by atoms with Crippen molar-refractivity contribution in [2.75, 3.05) is 0 Å². The van der Waals surface area contributed by atoms with Gasteiger partial charge in [-0.25, -0.2) is 13.6 Å². The summed E-state index contributed by atoms with van der Waals surface area (Å²) in [5, 5.41) is 9.16. The number of ether oxygens (including phenoxy) is 1. The lowest BCUT2D eigenvalue weighted by Crippen LogP contribution is -2.06. The fourth-order valence-electron chi connectivity index (χ4n) is 1.85. The average molecular weight is 279 g/mol. The van der Waals surface area contributed by atoms with Crippen LogP contribution in [0.3, 0.4) is 0 Å². The summed E-state index contributed by atoms with van der Waals surface area (Å²) in [7, 11) is 0. The Morgan fingerprint density at radius 2 is 1.75 bits per heavy atom. The topological polar surface area (TPSA) is 59.4 Å². The number of carboxylic acids is 1. The zero-order chi connectivity index (χ0) is 14.9. The molecule has 4 nitrogen and oxygen atoms in total. The highest BCUT2D eigenvalue weighted by atomic mass is 19.1.